The Balaban J connectivity index is 1.80. The van der Waals surface area contributed by atoms with E-state index in [4.69, 9.17) is 9.47 Å². The van der Waals surface area contributed by atoms with Crippen LogP contribution in [0, 0.1) is 17.7 Å². The van der Waals surface area contributed by atoms with Crippen LogP contribution in [0.25, 0.3) is 0 Å². The Morgan fingerprint density at radius 2 is 1.76 bits per heavy atom. The topological polar surface area (TPSA) is 102 Å². The first kappa shape index (κ1) is 25.6. The molecule has 34 heavy (non-hydrogen) atoms. The minimum absolute atomic E-state index is 0.0433. The van der Waals surface area contributed by atoms with Crippen molar-refractivity contribution in [2.24, 2.45) is 11.8 Å². The molecule has 3 rings (SSSR count). The number of esters is 1. The van der Waals surface area contributed by atoms with Gasteiger partial charge in [-0.25, -0.2) is 17.6 Å². The number of carbonyl (C=O) groups excluding carboxylic acids is 2. The standard InChI is InChI=1S/C24H29FN2O6S/c1-15-11-16(2)14-27(13-15)34(30,31)22-12-18(9-10-21(22)32-4)24(29)33-17(3)23(28)26-20-8-6-5-7-19(20)25/h5-10,12,15-17H,11,13-14H2,1-4H3,(H,26,28). The number of methoxy groups -OCH3 is 1. The van der Waals surface area contributed by atoms with Gasteiger partial charge in [0.25, 0.3) is 5.91 Å². The van der Waals surface area contributed by atoms with Crippen LogP contribution in [0.2, 0.25) is 0 Å². The molecule has 3 atom stereocenters. The predicted octanol–water partition coefficient (Wildman–Crippen LogP) is 3.68. The summed E-state index contributed by atoms with van der Waals surface area (Å²) in [5.41, 5.74) is -0.0961. The maximum atomic E-state index is 13.8. The monoisotopic (exact) mass is 492 g/mol. The van der Waals surface area contributed by atoms with E-state index in [1.807, 2.05) is 13.8 Å². The van der Waals surface area contributed by atoms with Crippen molar-refractivity contribution in [3.05, 3.63) is 53.8 Å². The SMILES string of the molecule is COc1ccc(C(=O)OC(C)C(=O)Nc2ccccc2F)cc1S(=O)(=O)N1CC(C)CC(C)C1. The normalized spacial score (nSPS) is 19.8. The van der Waals surface area contributed by atoms with E-state index in [0.29, 0.717) is 13.1 Å². The minimum Gasteiger partial charge on any atom is -0.495 e. The fourth-order valence-electron chi connectivity index (χ4n) is 4.03. The third-order valence-electron chi connectivity index (χ3n) is 5.64. The largest absolute Gasteiger partial charge is 0.495 e. The first-order valence-corrected chi connectivity index (χ1v) is 12.4. The lowest BCUT2D eigenvalue weighted by Crippen LogP contribution is -2.42. The zero-order valence-electron chi connectivity index (χ0n) is 19.6. The summed E-state index contributed by atoms with van der Waals surface area (Å²) in [6, 6.07) is 9.54. The highest BCUT2D eigenvalue weighted by Crippen LogP contribution is 2.32. The molecule has 2 aromatic rings. The summed E-state index contributed by atoms with van der Waals surface area (Å²) in [7, 11) is -2.59. The Labute approximate surface area is 199 Å². The quantitative estimate of drug-likeness (QED) is 0.592. The van der Waals surface area contributed by atoms with Gasteiger partial charge in [-0.2, -0.15) is 4.31 Å². The van der Waals surface area contributed by atoms with Gasteiger partial charge in [-0.1, -0.05) is 26.0 Å². The van der Waals surface area contributed by atoms with Crippen LogP contribution >= 0.6 is 0 Å². The van der Waals surface area contributed by atoms with Gasteiger partial charge in [-0.05, 0) is 55.5 Å². The average Bonchev–Trinajstić information content (AvgIpc) is 2.79. The molecule has 2 aromatic carbocycles. The van der Waals surface area contributed by atoms with Crippen molar-refractivity contribution < 1.29 is 31.9 Å². The first-order chi connectivity index (χ1) is 16.0. The summed E-state index contributed by atoms with van der Waals surface area (Å²) in [6.07, 6.45) is -0.319. The van der Waals surface area contributed by atoms with Crippen LogP contribution in [-0.4, -0.2) is 50.9 Å². The molecule has 1 heterocycles. The fourth-order valence-corrected chi connectivity index (χ4v) is 5.89. The van der Waals surface area contributed by atoms with Crippen LogP contribution in [-0.2, 0) is 19.6 Å². The van der Waals surface area contributed by atoms with Gasteiger partial charge in [0, 0.05) is 13.1 Å². The third-order valence-corrected chi connectivity index (χ3v) is 7.49. The number of hydrogen-bond acceptors (Lipinski definition) is 6. The van der Waals surface area contributed by atoms with Gasteiger partial charge in [0.05, 0.1) is 18.4 Å². The lowest BCUT2D eigenvalue weighted by Gasteiger charge is -2.34. The Hall–Kier alpha value is -2.98. The Bertz CT molecular complexity index is 1160. The van der Waals surface area contributed by atoms with E-state index in [1.54, 1.807) is 6.07 Å². The number of benzene rings is 2. The van der Waals surface area contributed by atoms with Crippen molar-refractivity contribution in [2.45, 2.75) is 38.2 Å². The van der Waals surface area contributed by atoms with Crippen LogP contribution in [0.1, 0.15) is 37.6 Å². The van der Waals surface area contributed by atoms with E-state index in [1.165, 1.54) is 54.7 Å². The summed E-state index contributed by atoms with van der Waals surface area (Å²) in [6.45, 7) is 6.08. The molecule has 3 unspecified atom stereocenters. The van der Waals surface area contributed by atoms with Crippen molar-refractivity contribution in [2.75, 3.05) is 25.5 Å². The lowest BCUT2D eigenvalue weighted by molar-refractivity contribution is -0.123. The van der Waals surface area contributed by atoms with Crippen molar-refractivity contribution >= 4 is 27.6 Å². The first-order valence-electron chi connectivity index (χ1n) is 11.0. The van der Waals surface area contributed by atoms with Crippen LogP contribution in [0.5, 0.6) is 5.75 Å². The van der Waals surface area contributed by atoms with Gasteiger partial charge in [-0.3, -0.25) is 4.79 Å². The van der Waals surface area contributed by atoms with Crippen LogP contribution in [0.3, 0.4) is 0 Å². The van der Waals surface area contributed by atoms with Crippen molar-refractivity contribution in [1.82, 2.24) is 4.31 Å². The number of hydrogen-bond donors (Lipinski definition) is 1. The van der Waals surface area contributed by atoms with E-state index in [0.717, 1.165) is 6.42 Å². The molecule has 0 aromatic heterocycles. The lowest BCUT2D eigenvalue weighted by atomic mass is 9.94. The van der Waals surface area contributed by atoms with Crippen molar-refractivity contribution in [3.63, 3.8) is 0 Å². The molecule has 1 saturated heterocycles. The second-order valence-corrected chi connectivity index (χ2v) is 10.6. The Kier molecular flexibility index (Phi) is 7.93. The third kappa shape index (κ3) is 5.74. The average molecular weight is 493 g/mol. The molecule has 0 saturated carbocycles. The summed E-state index contributed by atoms with van der Waals surface area (Å²) in [5, 5.41) is 2.36. The highest BCUT2D eigenvalue weighted by molar-refractivity contribution is 7.89. The number of carbonyl (C=O) groups is 2. The van der Waals surface area contributed by atoms with Crippen LogP contribution in [0.4, 0.5) is 10.1 Å². The Morgan fingerprint density at radius 3 is 2.38 bits per heavy atom. The number of piperidine rings is 1. The maximum Gasteiger partial charge on any atom is 0.338 e. The van der Waals surface area contributed by atoms with Crippen molar-refractivity contribution in [1.29, 1.82) is 0 Å². The molecule has 184 valence electrons. The van der Waals surface area contributed by atoms with Gasteiger partial charge in [0.2, 0.25) is 10.0 Å². The van der Waals surface area contributed by atoms with E-state index in [-0.39, 0.29) is 33.7 Å². The van der Waals surface area contributed by atoms with E-state index < -0.39 is 33.8 Å². The molecule has 0 bridgehead atoms. The Morgan fingerprint density at radius 1 is 1.12 bits per heavy atom. The van der Waals surface area contributed by atoms with Gasteiger partial charge < -0.3 is 14.8 Å². The molecule has 1 N–H and O–H groups in total. The van der Waals surface area contributed by atoms with Crippen LogP contribution in [0.15, 0.2) is 47.4 Å². The highest BCUT2D eigenvalue weighted by atomic mass is 32.2. The van der Waals surface area contributed by atoms with E-state index >= 15 is 0 Å². The number of sulfonamides is 1. The van der Waals surface area contributed by atoms with E-state index in [9.17, 15) is 22.4 Å². The van der Waals surface area contributed by atoms with Gasteiger partial charge >= 0.3 is 5.97 Å². The molecule has 1 fully saturated rings. The number of amides is 1. The molecule has 0 spiro atoms. The zero-order chi connectivity index (χ0) is 25.0. The predicted molar refractivity (Wildman–Crippen MR) is 125 cm³/mol. The molecule has 10 heteroatoms. The van der Waals surface area contributed by atoms with Gasteiger partial charge in [-0.15, -0.1) is 0 Å². The van der Waals surface area contributed by atoms with Gasteiger partial charge in [0.1, 0.15) is 16.5 Å². The maximum absolute atomic E-state index is 13.8. The summed E-state index contributed by atoms with van der Waals surface area (Å²) in [4.78, 5) is 24.9. The fraction of sp³-hybridized carbons (Fsp3) is 0.417. The smallest absolute Gasteiger partial charge is 0.338 e. The number of anilines is 1. The number of ether oxygens (including phenoxy) is 2. The summed E-state index contributed by atoms with van der Waals surface area (Å²) < 4.78 is 52.4. The molecule has 1 amide bonds. The molecule has 1 aliphatic heterocycles. The number of para-hydroxylation sites is 1. The number of nitrogens with zero attached hydrogens (tertiary/aromatic N) is 1. The molecule has 1 aliphatic rings. The highest BCUT2D eigenvalue weighted by Gasteiger charge is 2.34. The molecular weight excluding hydrogens is 463 g/mol. The second-order valence-electron chi connectivity index (χ2n) is 8.65. The molecular formula is C24H29FN2O6S. The molecule has 0 radical (unpaired) electrons. The summed E-state index contributed by atoms with van der Waals surface area (Å²) >= 11 is 0. The zero-order valence-corrected chi connectivity index (χ0v) is 20.4. The number of nitrogens with one attached hydrogen (secondary N) is 1. The second kappa shape index (κ2) is 10.5. The molecule has 0 aliphatic carbocycles. The molecule has 8 nitrogen and oxygen atoms in total. The van der Waals surface area contributed by atoms with Crippen molar-refractivity contribution in [3.8, 4) is 5.75 Å². The minimum atomic E-state index is -3.94. The summed E-state index contributed by atoms with van der Waals surface area (Å²) in [5.74, 6) is -1.74. The van der Waals surface area contributed by atoms with Crippen LogP contribution < -0.4 is 10.1 Å². The number of halogens is 1. The van der Waals surface area contributed by atoms with Gasteiger partial charge in [0.15, 0.2) is 6.10 Å². The number of rotatable bonds is 7. The van der Waals surface area contributed by atoms with E-state index in [2.05, 4.69) is 5.32 Å².